The molecule has 2 heterocycles. The molecule has 2 aromatic rings. The Bertz CT molecular complexity index is 523. The second kappa shape index (κ2) is 5.46. The average molecular weight is 228 g/mol. The second-order valence-electron chi connectivity index (χ2n) is 3.92. The Labute approximate surface area is 101 Å². The highest BCUT2D eigenvalue weighted by Gasteiger charge is 2.14. The van der Waals surface area contributed by atoms with Crippen molar-refractivity contribution in [3.63, 3.8) is 0 Å². The fourth-order valence-corrected chi connectivity index (χ4v) is 1.85. The molecule has 0 radical (unpaired) electrons. The van der Waals surface area contributed by atoms with E-state index in [1.807, 2.05) is 23.1 Å². The standard InChI is InChI=1S/C13H16N4/c1-3-5-12(15-6-4-2)11-9-16-17-8-7-14-10-13(11)17/h1,7-10,12,15H,4-6H2,2H3. The van der Waals surface area contributed by atoms with Crippen LogP contribution >= 0.6 is 0 Å². The summed E-state index contributed by atoms with van der Waals surface area (Å²) in [5, 5.41) is 7.74. The van der Waals surface area contributed by atoms with Crippen molar-refractivity contribution >= 4 is 5.52 Å². The van der Waals surface area contributed by atoms with Gasteiger partial charge in [0.05, 0.1) is 17.9 Å². The Balaban J connectivity index is 2.31. The summed E-state index contributed by atoms with van der Waals surface area (Å²) in [6, 6.07) is 0.154. The van der Waals surface area contributed by atoms with Gasteiger partial charge in [-0.25, -0.2) is 4.52 Å². The number of aromatic nitrogens is 3. The van der Waals surface area contributed by atoms with Crippen LogP contribution in [0.4, 0.5) is 0 Å². The Morgan fingerprint density at radius 3 is 3.18 bits per heavy atom. The van der Waals surface area contributed by atoms with Crippen molar-refractivity contribution in [1.29, 1.82) is 0 Å². The van der Waals surface area contributed by atoms with Crippen molar-refractivity contribution in [1.82, 2.24) is 19.9 Å². The van der Waals surface area contributed by atoms with Crippen LogP contribution in [0.15, 0.2) is 24.8 Å². The zero-order valence-electron chi connectivity index (χ0n) is 9.93. The maximum Gasteiger partial charge on any atom is 0.0893 e. The third-order valence-electron chi connectivity index (χ3n) is 2.69. The van der Waals surface area contributed by atoms with Crippen LogP contribution < -0.4 is 5.32 Å². The number of terminal acetylenes is 1. The predicted molar refractivity (Wildman–Crippen MR) is 67.5 cm³/mol. The van der Waals surface area contributed by atoms with Gasteiger partial charge in [-0.1, -0.05) is 6.92 Å². The molecule has 0 fully saturated rings. The topological polar surface area (TPSA) is 42.2 Å². The molecule has 2 aromatic heterocycles. The van der Waals surface area contributed by atoms with Crippen LogP contribution in [0.5, 0.6) is 0 Å². The summed E-state index contributed by atoms with van der Waals surface area (Å²) in [5.41, 5.74) is 2.13. The van der Waals surface area contributed by atoms with E-state index in [0.29, 0.717) is 6.42 Å². The van der Waals surface area contributed by atoms with Gasteiger partial charge in [-0.15, -0.1) is 12.3 Å². The second-order valence-corrected chi connectivity index (χ2v) is 3.92. The van der Waals surface area contributed by atoms with E-state index in [2.05, 4.69) is 28.2 Å². The number of nitrogens with one attached hydrogen (secondary N) is 1. The van der Waals surface area contributed by atoms with Crippen LogP contribution in [0.1, 0.15) is 31.4 Å². The highest BCUT2D eigenvalue weighted by Crippen LogP contribution is 2.20. The van der Waals surface area contributed by atoms with E-state index in [9.17, 15) is 0 Å². The summed E-state index contributed by atoms with van der Waals surface area (Å²) >= 11 is 0. The molecule has 0 aromatic carbocycles. The van der Waals surface area contributed by atoms with Crippen molar-refractivity contribution in [3.8, 4) is 12.3 Å². The van der Waals surface area contributed by atoms with Gasteiger partial charge in [-0.2, -0.15) is 5.10 Å². The van der Waals surface area contributed by atoms with Gasteiger partial charge in [0.15, 0.2) is 0 Å². The first kappa shape index (κ1) is 11.6. The highest BCUT2D eigenvalue weighted by atomic mass is 15.2. The molecular weight excluding hydrogens is 212 g/mol. The van der Waals surface area contributed by atoms with Gasteiger partial charge in [0.2, 0.25) is 0 Å². The lowest BCUT2D eigenvalue weighted by Crippen LogP contribution is -2.21. The molecule has 0 bridgehead atoms. The predicted octanol–water partition coefficient (Wildman–Crippen LogP) is 1.79. The van der Waals surface area contributed by atoms with Crippen molar-refractivity contribution in [2.24, 2.45) is 0 Å². The number of nitrogens with zero attached hydrogens (tertiary/aromatic N) is 3. The van der Waals surface area contributed by atoms with Crippen LogP contribution in [0.25, 0.3) is 5.52 Å². The zero-order chi connectivity index (χ0) is 12.1. The SMILES string of the molecule is C#CCC(NCCC)c1cnn2ccncc12. The third-order valence-corrected chi connectivity index (χ3v) is 2.69. The molecule has 4 nitrogen and oxygen atoms in total. The van der Waals surface area contributed by atoms with Crippen molar-refractivity contribution in [2.75, 3.05) is 6.54 Å². The first-order valence-corrected chi connectivity index (χ1v) is 5.81. The first-order valence-electron chi connectivity index (χ1n) is 5.81. The minimum Gasteiger partial charge on any atom is -0.309 e. The Morgan fingerprint density at radius 1 is 1.53 bits per heavy atom. The van der Waals surface area contributed by atoms with Crippen molar-refractivity contribution < 1.29 is 0 Å². The van der Waals surface area contributed by atoms with Crippen LogP contribution in [0.2, 0.25) is 0 Å². The molecule has 2 rings (SSSR count). The van der Waals surface area contributed by atoms with E-state index in [4.69, 9.17) is 6.42 Å². The molecular formula is C13H16N4. The van der Waals surface area contributed by atoms with Crippen LogP contribution in [-0.4, -0.2) is 21.1 Å². The van der Waals surface area contributed by atoms with Crippen molar-refractivity contribution in [3.05, 3.63) is 30.4 Å². The molecule has 0 amide bonds. The molecule has 17 heavy (non-hydrogen) atoms. The van der Waals surface area contributed by atoms with Crippen molar-refractivity contribution in [2.45, 2.75) is 25.8 Å². The van der Waals surface area contributed by atoms with Crippen LogP contribution in [0, 0.1) is 12.3 Å². The summed E-state index contributed by atoms with van der Waals surface area (Å²) in [5.74, 6) is 2.71. The van der Waals surface area contributed by atoms with Gasteiger partial charge in [-0.3, -0.25) is 4.98 Å². The lowest BCUT2D eigenvalue weighted by atomic mass is 10.1. The molecule has 88 valence electrons. The van der Waals surface area contributed by atoms with Crippen LogP contribution in [0.3, 0.4) is 0 Å². The van der Waals surface area contributed by atoms with E-state index in [1.54, 1.807) is 6.20 Å². The normalized spacial score (nSPS) is 12.5. The molecule has 0 aliphatic heterocycles. The number of hydrogen-bond acceptors (Lipinski definition) is 3. The number of hydrogen-bond donors (Lipinski definition) is 1. The molecule has 1 unspecified atom stereocenters. The van der Waals surface area contributed by atoms with E-state index >= 15 is 0 Å². The van der Waals surface area contributed by atoms with E-state index < -0.39 is 0 Å². The first-order chi connectivity index (χ1) is 8.36. The Morgan fingerprint density at radius 2 is 2.41 bits per heavy atom. The smallest absolute Gasteiger partial charge is 0.0893 e. The molecule has 0 saturated carbocycles. The van der Waals surface area contributed by atoms with Gasteiger partial charge in [0, 0.05) is 30.4 Å². The summed E-state index contributed by atoms with van der Waals surface area (Å²) < 4.78 is 1.82. The minimum atomic E-state index is 0.154. The van der Waals surface area contributed by atoms with E-state index in [-0.39, 0.29) is 6.04 Å². The fourth-order valence-electron chi connectivity index (χ4n) is 1.85. The van der Waals surface area contributed by atoms with E-state index in [1.165, 1.54) is 0 Å². The molecule has 0 spiro atoms. The Hall–Kier alpha value is -1.86. The van der Waals surface area contributed by atoms with Gasteiger partial charge in [0.25, 0.3) is 0 Å². The summed E-state index contributed by atoms with van der Waals surface area (Å²) in [4.78, 5) is 4.13. The summed E-state index contributed by atoms with van der Waals surface area (Å²) in [7, 11) is 0. The van der Waals surface area contributed by atoms with E-state index in [0.717, 1.165) is 24.0 Å². The summed E-state index contributed by atoms with van der Waals surface area (Å²) in [6.07, 6.45) is 14.4. The quantitative estimate of drug-likeness (QED) is 0.793. The highest BCUT2D eigenvalue weighted by molar-refractivity contribution is 5.53. The number of rotatable bonds is 5. The monoisotopic (exact) mass is 228 g/mol. The molecule has 1 atom stereocenters. The van der Waals surface area contributed by atoms with Gasteiger partial charge in [-0.05, 0) is 13.0 Å². The molecule has 4 heteroatoms. The van der Waals surface area contributed by atoms with Gasteiger partial charge < -0.3 is 5.32 Å². The zero-order valence-corrected chi connectivity index (χ0v) is 9.93. The third kappa shape index (κ3) is 2.45. The maximum absolute atomic E-state index is 5.42. The van der Waals surface area contributed by atoms with Gasteiger partial charge in [0.1, 0.15) is 0 Å². The number of fused-ring (bicyclic) bond motifs is 1. The molecule has 0 saturated heterocycles. The lowest BCUT2D eigenvalue weighted by molar-refractivity contribution is 0.545. The molecule has 0 aliphatic rings. The maximum atomic E-state index is 5.42. The van der Waals surface area contributed by atoms with Gasteiger partial charge >= 0.3 is 0 Å². The van der Waals surface area contributed by atoms with Crippen LogP contribution in [-0.2, 0) is 0 Å². The minimum absolute atomic E-state index is 0.154. The largest absolute Gasteiger partial charge is 0.309 e. The fraction of sp³-hybridized carbons (Fsp3) is 0.385. The molecule has 1 N–H and O–H groups in total. The average Bonchev–Trinajstić information content (AvgIpc) is 2.78. The Kier molecular flexibility index (Phi) is 3.73. The summed E-state index contributed by atoms with van der Waals surface area (Å²) in [6.45, 7) is 3.08. The lowest BCUT2D eigenvalue weighted by Gasteiger charge is -2.14. The molecule has 0 aliphatic carbocycles.